The molecule has 0 unspecified atom stereocenters. The second-order valence-corrected chi connectivity index (χ2v) is 10.9. The molecule has 0 atom stereocenters. The number of alkyl halides is 3. The summed E-state index contributed by atoms with van der Waals surface area (Å²) in [6.45, 7) is 0. The van der Waals surface area contributed by atoms with Crippen LogP contribution >= 0.6 is 12.4 Å². The molecule has 16 heteroatoms. The summed E-state index contributed by atoms with van der Waals surface area (Å²) in [6.07, 6.45) is 2.14. The highest BCUT2D eigenvalue weighted by Gasteiger charge is 2.30. The lowest BCUT2D eigenvalue weighted by Crippen LogP contribution is -3.00. The maximum absolute atomic E-state index is 12.6. The van der Waals surface area contributed by atoms with Crippen LogP contribution in [0.15, 0.2) is 144 Å². The lowest BCUT2D eigenvalue weighted by Gasteiger charge is -2.11. The molecule has 10 nitrogen and oxygen atoms in total. The topological polar surface area (TPSA) is 144 Å². The lowest BCUT2D eigenvalue weighted by atomic mass is 10.2. The van der Waals surface area contributed by atoms with Crippen LogP contribution in [0.4, 0.5) is 24.5 Å². The highest BCUT2D eigenvalue weighted by molar-refractivity contribution is 7.92. The number of halogens is 5. The fourth-order valence-corrected chi connectivity index (χ4v) is 4.68. The molecule has 0 fully saturated rings. The molecular formula is C31H27Cl2F3N6O4S. The van der Waals surface area contributed by atoms with Gasteiger partial charge in [-0.1, -0.05) is 33.6 Å². The Kier molecular flexibility index (Phi) is 13.7. The monoisotopic (exact) mass is 706 g/mol. The summed E-state index contributed by atoms with van der Waals surface area (Å²) in [5.74, 6) is -0.699. The van der Waals surface area contributed by atoms with Crippen molar-refractivity contribution in [3.05, 3.63) is 151 Å². The van der Waals surface area contributed by atoms with E-state index in [1.165, 1.54) is 28.9 Å². The van der Waals surface area contributed by atoms with Crippen LogP contribution in [0.1, 0.15) is 21.5 Å². The van der Waals surface area contributed by atoms with Crippen molar-refractivity contribution in [2.45, 2.75) is 11.1 Å². The third-order valence-electron chi connectivity index (χ3n) is 5.90. The van der Waals surface area contributed by atoms with Crippen molar-refractivity contribution in [1.29, 1.82) is 0 Å². The average Bonchev–Trinajstić information content (AvgIpc) is 3.02. The standard InChI is InChI=1S/C19H14F3N3O3S.C12H11N3O.2ClH/c20-19(21,22)15-6-10-17(11-7-15)29(27,28)24-16-8-4-14(5-9-16)18(26)23-25-12-2-1-3-13-25;13-11-6-4-10(5-7-11)12(16)14-15-8-2-1-3-9-15;;/h1-13H,(H-,23,24,26);1-9H,(H2-,13,14,16);2*1H. The summed E-state index contributed by atoms with van der Waals surface area (Å²) >= 11 is 0. The van der Waals surface area contributed by atoms with Crippen LogP contribution in [0, 0.1) is 0 Å². The van der Waals surface area contributed by atoms with Crippen molar-refractivity contribution < 1.29 is 53.2 Å². The SMILES string of the molecule is Cl.Nc1ccc(C(=O)N[n+]2ccccc2)cc1.O=S(=O)(Nc1ccc(C([O-])=N[n+]2ccccc2)cc1)c1ccc(C(F)(F)F)cc1.[Cl-]. The van der Waals surface area contributed by atoms with Crippen LogP contribution in [0.2, 0.25) is 0 Å². The molecule has 2 aromatic heterocycles. The Labute approximate surface area is 280 Å². The minimum atomic E-state index is -4.55. The molecule has 4 N–H and O–H groups in total. The number of carbonyl (C=O) groups is 1. The molecule has 3 aromatic carbocycles. The maximum Gasteiger partial charge on any atom is 0.416 e. The Morgan fingerprint density at radius 3 is 1.81 bits per heavy atom. The molecule has 47 heavy (non-hydrogen) atoms. The predicted octanol–water partition coefficient (Wildman–Crippen LogP) is 0.730. The number of sulfonamides is 1. The lowest BCUT2D eigenvalue weighted by molar-refractivity contribution is -0.681. The van der Waals surface area contributed by atoms with Gasteiger partial charge in [0.05, 0.1) is 16.4 Å². The minimum Gasteiger partial charge on any atom is -1.00 e. The number of rotatable bonds is 7. The number of nitrogens with one attached hydrogen (secondary N) is 2. The van der Waals surface area contributed by atoms with E-state index in [4.69, 9.17) is 5.73 Å². The fourth-order valence-electron chi connectivity index (χ4n) is 3.63. The van der Waals surface area contributed by atoms with E-state index >= 15 is 0 Å². The number of nitrogens with two attached hydrogens (primary N) is 1. The molecule has 0 saturated carbocycles. The summed E-state index contributed by atoms with van der Waals surface area (Å²) in [7, 11) is -4.09. The van der Waals surface area contributed by atoms with Gasteiger partial charge in [0.15, 0.2) is 12.4 Å². The first kappa shape index (κ1) is 38.0. The molecule has 0 radical (unpaired) electrons. The van der Waals surface area contributed by atoms with Gasteiger partial charge >= 0.3 is 12.1 Å². The van der Waals surface area contributed by atoms with Crippen molar-refractivity contribution >= 4 is 45.6 Å². The molecule has 1 amide bonds. The van der Waals surface area contributed by atoms with Crippen molar-refractivity contribution in [1.82, 2.24) is 0 Å². The number of nitrogen functional groups attached to an aromatic ring is 1. The molecule has 0 aliphatic rings. The quantitative estimate of drug-likeness (QED) is 0.0990. The third-order valence-corrected chi connectivity index (χ3v) is 7.30. The van der Waals surface area contributed by atoms with Crippen LogP contribution in [0.5, 0.6) is 0 Å². The second kappa shape index (κ2) is 16.9. The van der Waals surface area contributed by atoms with Gasteiger partial charge in [0.1, 0.15) is 0 Å². The van der Waals surface area contributed by atoms with Crippen LogP contribution < -0.4 is 42.7 Å². The van der Waals surface area contributed by atoms with Gasteiger partial charge in [-0.3, -0.25) is 9.52 Å². The summed E-state index contributed by atoms with van der Waals surface area (Å²) < 4.78 is 67.7. The molecule has 5 rings (SSSR count). The van der Waals surface area contributed by atoms with E-state index in [1.807, 2.05) is 18.2 Å². The Hall–Kier alpha value is -5.18. The van der Waals surface area contributed by atoms with E-state index in [2.05, 4.69) is 15.2 Å². The largest absolute Gasteiger partial charge is 1.00 e. The molecule has 0 aliphatic carbocycles. The third kappa shape index (κ3) is 11.3. The molecule has 0 aliphatic heterocycles. The zero-order chi connectivity index (χ0) is 32.5. The van der Waals surface area contributed by atoms with Gasteiger partial charge in [0.25, 0.3) is 10.0 Å². The number of pyridine rings is 2. The predicted molar refractivity (Wildman–Crippen MR) is 166 cm³/mol. The van der Waals surface area contributed by atoms with Crippen LogP contribution in [-0.4, -0.2) is 20.2 Å². The van der Waals surface area contributed by atoms with E-state index in [-0.39, 0.29) is 46.9 Å². The molecule has 5 aromatic rings. The highest BCUT2D eigenvalue weighted by Crippen LogP contribution is 2.30. The number of hydrogen-bond donors (Lipinski definition) is 3. The highest BCUT2D eigenvalue weighted by atomic mass is 35.5. The smallest absolute Gasteiger partial charge is 0.416 e. The number of carbonyl (C=O) groups excluding carboxylic acids is 1. The Morgan fingerprint density at radius 1 is 0.766 bits per heavy atom. The molecule has 2 heterocycles. The van der Waals surface area contributed by atoms with Gasteiger partial charge < -0.3 is 23.2 Å². The van der Waals surface area contributed by atoms with Gasteiger partial charge in [-0.05, 0) is 71.3 Å². The van der Waals surface area contributed by atoms with Gasteiger partial charge in [0, 0.05) is 41.2 Å². The number of aromatic nitrogens is 2. The number of anilines is 2. The Bertz CT molecular complexity index is 1870. The molecule has 0 bridgehead atoms. The summed E-state index contributed by atoms with van der Waals surface area (Å²) in [6, 6.07) is 26.1. The van der Waals surface area contributed by atoms with E-state index in [0.717, 1.165) is 12.1 Å². The zero-order valence-corrected chi connectivity index (χ0v) is 26.5. The van der Waals surface area contributed by atoms with Gasteiger partial charge in [-0.15, -0.1) is 17.8 Å². The zero-order valence-electron chi connectivity index (χ0n) is 24.1. The van der Waals surface area contributed by atoms with Gasteiger partial charge in [-0.25, -0.2) is 8.42 Å². The first-order chi connectivity index (χ1) is 21.4. The van der Waals surface area contributed by atoms with Crippen LogP contribution in [0.25, 0.3) is 0 Å². The average molecular weight is 708 g/mol. The normalized spacial score (nSPS) is 11.1. The van der Waals surface area contributed by atoms with Crippen molar-refractivity contribution in [2.24, 2.45) is 5.10 Å². The molecule has 246 valence electrons. The summed E-state index contributed by atoms with van der Waals surface area (Å²) in [5.41, 5.74) is 8.91. The van der Waals surface area contributed by atoms with Gasteiger partial charge in [0.2, 0.25) is 12.4 Å². The number of amides is 1. The van der Waals surface area contributed by atoms with E-state index in [0.29, 0.717) is 23.4 Å². The van der Waals surface area contributed by atoms with Crippen molar-refractivity contribution in [3.63, 3.8) is 0 Å². The minimum absolute atomic E-state index is 0. The second-order valence-electron chi connectivity index (χ2n) is 9.21. The van der Waals surface area contributed by atoms with E-state index in [9.17, 15) is 31.5 Å². The van der Waals surface area contributed by atoms with E-state index < -0.39 is 27.7 Å². The first-order valence-electron chi connectivity index (χ1n) is 13.1. The van der Waals surface area contributed by atoms with E-state index in [1.54, 1.807) is 71.9 Å². The number of hydrogen-bond acceptors (Lipinski definition) is 6. The number of nitrogens with zero attached hydrogens (tertiary/aromatic N) is 3. The molecular weight excluding hydrogens is 680 g/mol. The summed E-state index contributed by atoms with van der Waals surface area (Å²) in [4.78, 5) is 11.4. The van der Waals surface area contributed by atoms with Crippen LogP contribution in [0.3, 0.4) is 0 Å². The number of benzene rings is 3. The molecule has 0 saturated heterocycles. The Morgan fingerprint density at radius 2 is 1.28 bits per heavy atom. The maximum atomic E-state index is 12.6. The fraction of sp³-hybridized carbons (Fsp3) is 0.0323. The van der Waals surface area contributed by atoms with Gasteiger partial charge in [-0.2, -0.15) is 13.2 Å². The van der Waals surface area contributed by atoms with Crippen molar-refractivity contribution in [3.8, 4) is 0 Å². The molecule has 0 spiro atoms. The first-order valence-corrected chi connectivity index (χ1v) is 14.5. The van der Waals surface area contributed by atoms with Crippen molar-refractivity contribution in [2.75, 3.05) is 15.9 Å². The summed E-state index contributed by atoms with van der Waals surface area (Å²) in [5, 5.41) is 16.0. The van der Waals surface area contributed by atoms with Crippen LogP contribution in [-0.2, 0) is 16.2 Å². The Balaban J connectivity index is 0.000000363.